The normalized spacial score (nSPS) is 11.9. The minimum Gasteiger partial charge on any atom is -0.316 e. The maximum atomic E-state index is 12.7. The molecule has 76 valence electrons. The summed E-state index contributed by atoms with van der Waals surface area (Å²) in [5.41, 5.74) is 2.00. The van der Waals surface area contributed by atoms with Gasteiger partial charge in [-0.25, -0.2) is 4.39 Å². The smallest absolute Gasteiger partial charge is 0.124 e. The zero-order chi connectivity index (χ0) is 10.6. The summed E-state index contributed by atoms with van der Waals surface area (Å²) in [5, 5.41) is 3.48. The minimum atomic E-state index is -0.307. The molecule has 3 heteroatoms. The lowest BCUT2D eigenvalue weighted by Crippen LogP contribution is -2.08. The third-order valence-corrected chi connectivity index (χ3v) is 2.15. The molecule has 1 rings (SSSR count). The van der Waals surface area contributed by atoms with E-state index in [0.717, 1.165) is 17.7 Å². The Bertz CT molecular complexity index is 347. The molecule has 1 aromatic carbocycles. The number of likely N-dealkylation sites (N-methyl/N-ethyl adjacent to an activating group) is 1. The van der Waals surface area contributed by atoms with E-state index in [1.54, 1.807) is 6.07 Å². The zero-order valence-electron chi connectivity index (χ0n) is 8.27. The third-order valence-electron chi connectivity index (χ3n) is 1.82. The van der Waals surface area contributed by atoms with Crippen molar-refractivity contribution >= 4 is 17.7 Å². The molecule has 0 amide bonds. The number of hydrogen-bond donors (Lipinski definition) is 1. The number of hydrogen-bond acceptors (Lipinski definition) is 1. The van der Waals surface area contributed by atoms with Gasteiger partial charge in [0.15, 0.2) is 0 Å². The second kappa shape index (κ2) is 5.13. The first-order chi connectivity index (χ1) is 6.63. The van der Waals surface area contributed by atoms with Crippen LogP contribution < -0.4 is 5.32 Å². The van der Waals surface area contributed by atoms with Crippen molar-refractivity contribution in [1.29, 1.82) is 0 Å². The number of nitrogens with one attached hydrogen (secondary N) is 1. The predicted octanol–water partition coefficient (Wildman–Crippen LogP) is 3.10. The molecule has 0 atom stereocenters. The van der Waals surface area contributed by atoms with E-state index < -0.39 is 0 Å². The molecule has 0 bridgehead atoms. The average Bonchev–Trinajstić information content (AvgIpc) is 2.10. The van der Waals surface area contributed by atoms with Gasteiger partial charge in [0.25, 0.3) is 0 Å². The van der Waals surface area contributed by atoms with E-state index in [0.29, 0.717) is 5.02 Å². The summed E-state index contributed by atoms with van der Waals surface area (Å²) in [7, 11) is 1.88. The molecule has 0 heterocycles. The first-order valence-electron chi connectivity index (χ1n) is 4.40. The summed E-state index contributed by atoms with van der Waals surface area (Å²) >= 11 is 5.87. The van der Waals surface area contributed by atoms with Gasteiger partial charge in [0, 0.05) is 6.54 Å². The van der Waals surface area contributed by atoms with E-state index >= 15 is 0 Å². The van der Waals surface area contributed by atoms with Gasteiger partial charge in [-0.15, -0.1) is 0 Å². The summed E-state index contributed by atoms with van der Waals surface area (Å²) < 4.78 is 12.7. The molecule has 14 heavy (non-hydrogen) atoms. The van der Waals surface area contributed by atoms with Crippen molar-refractivity contribution in [2.24, 2.45) is 0 Å². The van der Waals surface area contributed by atoms with Crippen LogP contribution in [-0.4, -0.2) is 13.6 Å². The summed E-state index contributed by atoms with van der Waals surface area (Å²) in [5.74, 6) is -0.307. The number of rotatable bonds is 3. The Hall–Kier alpha value is -0.860. The van der Waals surface area contributed by atoms with Crippen molar-refractivity contribution < 1.29 is 4.39 Å². The molecule has 0 saturated heterocycles. The van der Waals surface area contributed by atoms with Crippen LogP contribution >= 0.6 is 11.6 Å². The second-order valence-corrected chi connectivity index (χ2v) is 3.59. The SMILES string of the molecule is CNC/C(C)=C/c1ccc(F)cc1Cl. The van der Waals surface area contributed by atoms with Crippen LogP contribution in [0.15, 0.2) is 23.8 Å². The molecule has 1 N–H and O–H groups in total. The molecule has 0 saturated carbocycles. The van der Waals surface area contributed by atoms with Gasteiger partial charge in [0.05, 0.1) is 5.02 Å². The Morgan fingerprint density at radius 2 is 2.29 bits per heavy atom. The van der Waals surface area contributed by atoms with Crippen LogP contribution in [0.2, 0.25) is 5.02 Å². The molecule has 1 nitrogen and oxygen atoms in total. The highest BCUT2D eigenvalue weighted by molar-refractivity contribution is 6.32. The van der Waals surface area contributed by atoms with Crippen LogP contribution in [0.25, 0.3) is 6.08 Å². The van der Waals surface area contributed by atoms with Crippen LogP contribution in [0, 0.1) is 5.82 Å². The quantitative estimate of drug-likeness (QED) is 0.814. The van der Waals surface area contributed by atoms with Crippen LogP contribution in [0.1, 0.15) is 12.5 Å². The molecule has 0 spiro atoms. The van der Waals surface area contributed by atoms with E-state index in [1.165, 1.54) is 12.1 Å². The molecule has 0 fully saturated rings. The zero-order valence-corrected chi connectivity index (χ0v) is 9.03. The van der Waals surface area contributed by atoms with Gasteiger partial charge in [-0.1, -0.05) is 29.3 Å². The molecule has 0 aliphatic carbocycles. The van der Waals surface area contributed by atoms with Crippen molar-refractivity contribution in [1.82, 2.24) is 5.32 Å². The van der Waals surface area contributed by atoms with Gasteiger partial charge in [0.2, 0.25) is 0 Å². The van der Waals surface area contributed by atoms with Crippen LogP contribution in [0.5, 0.6) is 0 Å². The van der Waals surface area contributed by atoms with E-state index in [4.69, 9.17) is 11.6 Å². The number of halogens is 2. The minimum absolute atomic E-state index is 0.307. The Morgan fingerprint density at radius 3 is 2.86 bits per heavy atom. The Labute approximate surface area is 88.6 Å². The molecular formula is C11H13ClFN. The van der Waals surface area contributed by atoms with Crippen molar-refractivity contribution in [2.75, 3.05) is 13.6 Å². The fourth-order valence-corrected chi connectivity index (χ4v) is 1.44. The van der Waals surface area contributed by atoms with E-state index in [2.05, 4.69) is 5.32 Å². The van der Waals surface area contributed by atoms with Crippen LogP contribution in [0.3, 0.4) is 0 Å². The third kappa shape index (κ3) is 3.13. The van der Waals surface area contributed by atoms with E-state index in [9.17, 15) is 4.39 Å². The van der Waals surface area contributed by atoms with Crippen molar-refractivity contribution in [2.45, 2.75) is 6.92 Å². The Kier molecular flexibility index (Phi) is 4.11. The fourth-order valence-electron chi connectivity index (χ4n) is 1.21. The van der Waals surface area contributed by atoms with Crippen molar-refractivity contribution in [3.05, 3.63) is 40.2 Å². The monoisotopic (exact) mass is 213 g/mol. The van der Waals surface area contributed by atoms with E-state index in [-0.39, 0.29) is 5.82 Å². The van der Waals surface area contributed by atoms with Gasteiger partial charge in [-0.2, -0.15) is 0 Å². The topological polar surface area (TPSA) is 12.0 Å². The van der Waals surface area contributed by atoms with Gasteiger partial charge in [0.1, 0.15) is 5.82 Å². The lowest BCUT2D eigenvalue weighted by atomic mass is 10.1. The summed E-state index contributed by atoms with van der Waals surface area (Å²) in [6.45, 7) is 2.80. The molecule has 0 radical (unpaired) electrons. The highest BCUT2D eigenvalue weighted by Gasteiger charge is 1.99. The highest BCUT2D eigenvalue weighted by atomic mass is 35.5. The lowest BCUT2D eigenvalue weighted by Gasteiger charge is -2.02. The van der Waals surface area contributed by atoms with Crippen molar-refractivity contribution in [3.63, 3.8) is 0 Å². The Morgan fingerprint density at radius 1 is 1.57 bits per heavy atom. The molecule has 1 aromatic rings. The first kappa shape index (κ1) is 11.2. The second-order valence-electron chi connectivity index (χ2n) is 3.19. The number of benzene rings is 1. The van der Waals surface area contributed by atoms with Gasteiger partial charge in [-0.05, 0) is 31.7 Å². The fraction of sp³-hybridized carbons (Fsp3) is 0.273. The van der Waals surface area contributed by atoms with Gasteiger partial charge < -0.3 is 5.32 Å². The average molecular weight is 214 g/mol. The molecular weight excluding hydrogens is 201 g/mol. The lowest BCUT2D eigenvalue weighted by molar-refractivity contribution is 0.628. The highest BCUT2D eigenvalue weighted by Crippen LogP contribution is 2.19. The summed E-state index contributed by atoms with van der Waals surface area (Å²) in [6, 6.07) is 4.40. The summed E-state index contributed by atoms with van der Waals surface area (Å²) in [4.78, 5) is 0. The first-order valence-corrected chi connectivity index (χ1v) is 4.78. The molecule has 0 aliphatic heterocycles. The van der Waals surface area contributed by atoms with E-state index in [1.807, 2.05) is 20.0 Å². The molecule has 0 unspecified atom stereocenters. The predicted molar refractivity (Wildman–Crippen MR) is 59.0 cm³/mol. The summed E-state index contributed by atoms with van der Waals surface area (Å²) in [6.07, 6.45) is 1.94. The van der Waals surface area contributed by atoms with Crippen LogP contribution in [0.4, 0.5) is 4.39 Å². The van der Waals surface area contributed by atoms with Crippen molar-refractivity contribution in [3.8, 4) is 0 Å². The largest absolute Gasteiger partial charge is 0.316 e. The standard InChI is InChI=1S/C11H13ClFN/c1-8(7-14-2)5-9-3-4-10(13)6-11(9)12/h3-6,14H,7H2,1-2H3/b8-5+. The Balaban J connectivity index is 2.91. The van der Waals surface area contributed by atoms with Gasteiger partial charge in [-0.3, -0.25) is 0 Å². The maximum absolute atomic E-state index is 12.7. The maximum Gasteiger partial charge on any atom is 0.124 e. The molecule has 0 aromatic heterocycles. The van der Waals surface area contributed by atoms with Gasteiger partial charge >= 0.3 is 0 Å². The molecule has 0 aliphatic rings. The van der Waals surface area contributed by atoms with Crippen LogP contribution in [-0.2, 0) is 0 Å².